The quantitative estimate of drug-likeness (QED) is 0.462. The van der Waals surface area contributed by atoms with Crippen LogP contribution in [0.4, 0.5) is 5.69 Å². The number of nitrogens with one attached hydrogen (secondary N) is 1. The smallest absolute Gasteiger partial charge is 0.244 e. The Balaban J connectivity index is 2.42. The first kappa shape index (κ1) is 29.0. The van der Waals surface area contributed by atoms with Crippen molar-refractivity contribution in [3.63, 3.8) is 0 Å². The van der Waals surface area contributed by atoms with Crippen LogP contribution in [-0.2, 0) is 26.2 Å². The highest BCUT2D eigenvalue weighted by Crippen LogP contribution is 2.32. The van der Waals surface area contributed by atoms with E-state index < -0.39 is 28.5 Å². The molecule has 0 fully saturated rings. The Morgan fingerprint density at radius 3 is 2.22 bits per heavy atom. The fourth-order valence-corrected chi connectivity index (χ4v) is 4.48. The topological polar surface area (TPSA) is 105 Å². The van der Waals surface area contributed by atoms with Gasteiger partial charge in [0, 0.05) is 19.2 Å². The number of nitrogens with zero attached hydrogens (tertiary/aromatic N) is 2. The summed E-state index contributed by atoms with van der Waals surface area (Å²) in [5.74, 6) is 0.185. The lowest BCUT2D eigenvalue weighted by atomic mass is 10.1. The molecule has 2 aromatic carbocycles. The zero-order chi connectivity index (χ0) is 27.0. The van der Waals surface area contributed by atoms with E-state index in [0.29, 0.717) is 18.0 Å². The van der Waals surface area contributed by atoms with Crippen molar-refractivity contribution in [2.45, 2.75) is 40.3 Å². The van der Waals surface area contributed by atoms with Crippen LogP contribution in [0.5, 0.6) is 11.5 Å². The fourth-order valence-electron chi connectivity index (χ4n) is 3.64. The number of benzene rings is 2. The largest absolute Gasteiger partial charge is 0.493 e. The third-order valence-corrected chi connectivity index (χ3v) is 6.76. The molecule has 0 aliphatic heterocycles. The molecule has 10 heteroatoms. The zero-order valence-corrected chi connectivity index (χ0v) is 22.9. The number of methoxy groups -OCH3 is 2. The Kier molecular flexibility index (Phi) is 10.2. The van der Waals surface area contributed by atoms with Gasteiger partial charge in [-0.05, 0) is 37.5 Å². The number of ether oxygens (including phenoxy) is 2. The maximum Gasteiger partial charge on any atom is 0.244 e. The van der Waals surface area contributed by atoms with E-state index in [0.717, 1.165) is 21.7 Å². The number of anilines is 1. The molecule has 0 aromatic heterocycles. The van der Waals surface area contributed by atoms with Crippen LogP contribution in [0.2, 0.25) is 0 Å². The molecule has 1 N–H and O–H groups in total. The molecule has 0 saturated carbocycles. The SMILES string of the molecule is COc1ccc(N(CC(=O)N(Cc2cccc(C)c2)[C@@H](C)C(=O)NCC(C)C)S(C)(=O)=O)cc1OC. The third-order valence-electron chi connectivity index (χ3n) is 5.62. The normalized spacial score (nSPS) is 12.1. The summed E-state index contributed by atoms with van der Waals surface area (Å²) < 4.78 is 37.0. The van der Waals surface area contributed by atoms with Gasteiger partial charge in [0.1, 0.15) is 12.6 Å². The maximum atomic E-state index is 13.6. The Morgan fingerprint density at radius 1 is 1.00 bits per heavy atom. The summed E-state index contributed by atoms with van der Waals surface area (Å²) in [5.41, 5.74) is 2.10. The van der Waals surface area contributed by atoms with Crippen LogP contribution in [0.3, 0.4) is 0 Å². The van der Waals surface area contributed by atoms with Crippen molar-refractivity contribution in [3.8, 4) is 11.5 Å². The van der Waals surface area contributed by atoms with Gasteiger partial charge in [0.2, 0.25) is 21.8 Å². The number of sulfonamides is 1. The second-order valence-corrected chi connectivity index (χ2v) is 11.0. The summed E-state index contributed by atoms with van der Waals surface area (Å²) in [5, 5.41) is 2.86. The van der Waals surface area contributed by atoms with Gasteiger partial charge in [-0.3, -0.25) is 13.9 Å². The molecule has 0 bridgehead atoms. The lowest BCUT2D eigenvalue weighted by Crippen LogP contribution is -2.51. The van der Waals surface area contributed by atoms with Gasteiger partial charge in [-0.1, -0.05) is 43.7 Å². The van der Waals surface area contributed by atoms with Crippen LogP contribution in [-0.4, -0.2) is 64.7 Å². The molecule has 0 heterocycles. The van der Waals surface area contributed by atoms with Gasteiger partial charge in [-0.15, -0.1) is 0 Å². The number of hydrogen-bond donors (Lipinski definition) is 1. The predicted octanol–water partition coefficient (Wildman–Crippen LogP) is 2.97. The van der Waals surface area contributed by atoms with Crippen LogP contribution in [0.1, 0.15) is 31.9 Å². The Morgan fingerprint density at radius 2 is 1.67 bits per heavy atom. The van der Waals surface area contributed by atoms with E-state index in [2.05, 4.69) is 5.32 Å². The number of carbonyl (C=O) groups excluding carboxylic acids is 2. The second kappa shape index (κ2) is 12.6. The molecule has 0 spiro atoms. The lowest BCUT2D eigenvalue weighted by molar-refractivity contribution is -0.139. The molecule has 1 atom stereocenters. The number of hydrogen-bond acceptors (Lipinski definition) is 6. The minimum atomic E-state index is -3.85. The molecule has 198 valence electrons. The molecule has 2 rings (SSSR count). The average molecular weight is 520 g/mol. The molecule has 0 aliphatic carbocycles. The van der Waals surface area contributed by atoms with Crippen LogP contribution in [0, 0.1) is 12.8 Å². The van der Waals surface area contributed by atoms with Crippen molar-refractivity contribution in [1.82, 2.24) is 10.2 Å². The molecule has 2 amide bonds. The van der Waals surface area contributed by atoms with Crippen molar-refractivity contribution in [2.75, 3.05) is 37.9 Å². The van der Waals surface area contributed by atoms with Crippen molar-refractivity contribution in [3.05, 3.63) is 53.6 Å². The summed E-state index contributed by atoms with van der Waals surface area (Å²) in [6, 6.07) is 11.4. The highest BCUT2D eigenvalue weighted by molar-refractivity contribution is 7.92. The molecule has 0 radical (unpaired) electrons. The van der Waals surface area contributed by atoms with E-state index in [1.54, 1.807) is 19.1 Å². The first-order valence-electron chi connectivity index (χ1n) is 11.7. The average Bonchev–Trinajstić information content (AvgIpc) is 2.82. The van der Waals surface area contributed by atoms with E-state index in [9.17, 15) is 18.0 Å². The lowest BCUT2D eigenvalue weighted by Gasteiger charge is -2.31. The number of aryl methyl sites for hydroxylation is 1. The summed E-state index contributed by atoms with van der Waals surface area (Å²) in [4.78, 5) is 27.9. The van der Waals surface area contributed by atoms with Crippen LogP contribution in [0.25, 0.3) is 0 Å². The maximum absolute atomic E-state index is 13.6. The number of carbonyl (C=O) groups is 2. The van der Waals surface area contributed by atoms with Crippen LogP contribution in [0.15, 0.2) is 42.5 Å². The van der Waals surface area contributed by atoms with Gasteiger partial charge in [0.25, 0.3) is 0 Å². The highest BCUT2D eigenvalue weighted by Gasteiger charge is 2.30. The molecule has 0 aliphatic rings. The van der Waals surface area contributed by atoms with Crippen LogP contribution >= 0.6 is 0 Å². The van der Waals surface area contributed by atoms with Gasteiger partial charge in [0.05, 0.1) is 26.2 Å². The fraction of sp³-hybridized carbons (Fsp3) is 0.462. The van der Waals surface area contributed by atoms with Gasteiger partial charge in [-0.25, -0.2) is 8.42 Å². The first-order chi connectivity index (χ1) is 16.9. The second-order valence-electron chi connectivity index (χ2n) is 9.13. The molecule has 9 nitrogen and oxygen atoms in total. The molecule has 0 saturated heterocycles. The number of amides is 2. The zero-order valence-electron chi connectivity index (χ0n) is 22.1. The van der Waals surface area contributed by atoms with E-state index in [1.165, 1.54) is 25.2 Å². The van der Waals surface area contributed by atoms with Gasteiger partial charge >= 0.3 is 0 Å². The van der Waals surface area contributed by atoms with Crippen molar-refractivity contribution in [2.24, 2.45) is 5.92 Å². The monoisotopic (exact) mass is 519 g/mol. The van der Waals surface area contributed by atoms with E-state index in [1.807, 2.05) is 45.0 Å². The number of rotatable bonds is 12. The molecule has 2 aromatic rings. The Labute approximate surface area is 214 Å². The van der Waals surface area contributed by atoms with Gasteiger partial charge in [0.15, 0.2) is 11.5 Å². The molecular formula is C26H37N3O6S. The van der Waals surface area contributed by atoms with Gasteiger partial charge in [-0.2, -0.15) is 0 Å². The Hall–Kier alpha value is -3.27. The third kappa shape index (κ3) is 7.87. The Bertz CT molecular complexity index is 1170. The highest BCUT2D eigenvalue weighted by atomic mass is 32.2. The predicted molar refractivity (Wildman–Crippen MR) is 141 cm³/mol. The van der Waals surface area contributed by atoms with E-state index in [-0.39, 0.29) is 24.1 Å². The molecule has 36 heavy (non-hydrogen) atoms. The van der Waals surface area contributed by atoms with Gasteiger partial charge < -0.3 is 19.7 Å². The van der Waals surface area contributed by atoms with Crippen molar-refractivity contribution >= 4 is 27.5 Å². The molecule has 0 unspecified atom stereocenters. The summed E-state index contributed by atoms with van der Waals surface area (Å²) in [6.07, 6.45) is 1.03. The summed E-state index contributed by atoms with van der Waals surface area (Å²) in [6.45, 7) is 7.68. The standard InChI is InChI=1S/C26H37N3O6S/c1-18(2)15-27-26(31)20(4)28(16-21-10-8-9-19(3)13-21)25(30)17-29(36(7,32)33)22-11-12-23(34-5)24(14-22)35-6/h8-14,18,20H,15-17H2,1-7H3,(H,27,31)/t20-/m0/s1. The van der Waals surface area contributed by atoms with E-state index >= 15 is 0 Å². The van der Waals surface area contributed by atoms with E-state index in [4.69, 9.17) is 9.47 Å². The molecular weight excluding hydrogens is 482 g/mol. The summed E-state index contributed by atoms with van der Waals surface area (Å²) in [7, 11) is -0.930. The summed E-state index contributed by atoms with van der Waals surface area (Å²) >= 11 is 0. The van der Waals surface area contributed by atoms with Crippen LogP contribution < -0.4 is 19.1 Å². The van der Waals surface area contributed by atoms with Crippen molar-refractivity contribution in [1.29, 1.82) is 0 Å². The minimum absolute atomic E-state index is 0.153. The van der Waals surface area contributed by atoms with Crippen molar-refractivity contribution < 1.29 is 27.5 Å². The first-order valence-corrected chi connectivity index (χ1v) is 13.5. The minimum Gasteiger partial charge on any atom is -0.493 e.